The molecule has 1 aromatic rings. The van der Waals surface area contributed by atoms with E-state index in [1.165, 1.54) is 0 Å². The third kappa shape index (κ3) is 4.15. The maximum Gasteiger partial charge on any atom is 0.306 e. The van der Waals surface area contributed by atoms with E-state index in [1.54, 1.807) is 0 Å². The first-order valence-electron chi connectivity index (χ1n) is 6.61. The summed E-state index contributed by atoms with van der Waals surface area (Å²) in [7, 11) is 0. The monoisotopic (exact) mass is 248 g/mol. The minimum Gasteiger partial charge on any atom is -0.461 e. The van der Waals surface area contributed by atoms with Crippen LogP contribution < -0.4 is 0 Å². The van der Waals surface area contributed by atoms with Gasteiger partial charge in [0.2, 0.25) is 0 Å². The van der Waals surface area contributed by atoms with Gasteiger partial charge in [-0.3, -0.25) is 4.79 Å². The zero-order valence-electron chi connectivity index (χ0n) is 10.5. The second-order valence-electron chi connectivity index (χ2n) is 5.02. The Balaban J connectivity index is 1.69. The number of ether oxygens (including phenoxy) is 1. The first kappa shape index (κ1) is 13.1. The molecule has 0 amide bonds. The molecule has 3 nitrogen and oxygen atoms in total. The summed E-state index contributed by atoms with van der Waals surface area (Å²) in [4.78, 5) is 11.7. The highest BCUT2D eigenvalue weighted by Crippen LogP contribution is 2.27. The molecule has 0 unspecified atom stereocenters. The smallest absolute Gasteiger partial charge is 0.306 e. The fourth-order valence-electron chi connectivity index (χ4n) is 2.38. The first-order valence-corrected chi connectivity index (χ1v) is 6.61. The van der Waals surface area contributed by atoms with Gasteiger partial charge in [0.15, 0.2) is 0 Å². The van der Waals surface area contributed by atoms with Crippen LogP contribution in [-0.2, 0) is 16.1 Å². The zero-order valence-corrected chi connectivity index (χ0v) is 10.5. The summed E-state index contributed by atoms with van der Waals surface area (Å²) >= 11 is 0. The number of esters is 1. The zero-order chi connectivity index (χ0) is 12.8. The van der Waals surface area contributed by atoms with Crippen molar-refractivity contribution in [2.24, 2.45) is 5.92 Å². The summed E-state index contributed by atoms with van der Waals surface area (Å²) in [6, 6.07) is 9.71. The Morgan fingerprint density at radius 2 is 1.83 bits per heavy atom. The normalized spacial score (nSPS) is 23.6. The second-order valence-corrected chi connectivity index (χ2v) is 5.02. The Morgan fingerprint density at radius 3 is 2.50 bits per heavy atom. The van der Waals surface area contributed by atoms with Crippen LogP contribution in [0.2, 0.25) is 0 Å². The number of hydrogen-bond donors (Lipinski definition) is 1. The molecular weight excluding hydrogens is 228 g/mol. The lowest BCUT2D eigenvalue weighted by molar-refractivity contribution is -0.146. The molecule has 0 atom stereocenters. The van der Waals surface area contributed by atoms with Crippen LogP contribution >= 0.6 is 0 Å². The SMILES string of the molecule is O=C(C[C@H]1CC[C@@H](O)CC1)OCc1ccccc1. The topological polar surface area (TPSA) is 46.5 Å². The number of carbonyl (C=O) groups is 1. The van der Waals surface area contributed by atoms with Crippen LogP contribution in [0.4, 0.5) is 0 Å². The summed E-state index contributed by atoms with van der Waals surface area (Å²) in [6.07, 6.45) is 3.82. The van der Waals surface area contributed by atoms with Crippen LogP contribution in [0.1, 0.15) is 37.7 Å². The van der Waals surface area contributed by atoms with Gasteiger partial charge in [0.1, 0.15) is 6.61 Å². The summed E-state index contributed by atoms with van der Waals surface area (Å²) in [5, 5.41) is 9.40. The minimum absolute atomic E-state index is 0.125. The van der Waals surface area contributed by atoms with E-state index < -0.39 is 0 Å². The van der Waals surface area contributed by atoms with Gasteiger partial charge in [-0.15, -0.1) is 0 Å². The fraction of sp³-hybridized carbons (Fsp3) is 0.533. The Morgan fingerprint density at radius 1 is 1.17 bits per heavy atom. The molecule has 3 heteroatoms. The quantitative estimate of drug-likeness (QED) is 0.833. The van der Waals surface area contributed by atoms with E-state index in [0.717, 1.165) is 31.2 Å². The Kier molecular flexibility index (Phi) is 4.76. The van der Waals surface area contributed by atoms with E-state index >= 15 is 0 Å². The van der Waals surface area contributed by atoms with Crippen LogP contribution in [0.3, 0.4) is 0 Å². The molecule has 0 radical (unpaired) electrons. The number of carbonyl (C=O) groups excluding carboxylic acids is 1. The maximum absolute atomic E-state index is 11.7. The molecule has 0 aliphatic heterocycles. The van der Waals surface area contributed by atoms with E-state index in [4.69, 9.17) is 4.74 Å². The molecule has 0 saturated heterocycles. The number of rotatable bonds is 4. The standard InChI is InChI=1S/C15H20O3/c16-14-8-6-12(7-9-14)10-15(17)18-11-13-4-2-1-3-5-13/h1-5,12,14,16H,6-11H2/t12-,14+. The van der Waals surface area contributed by atoms with Crippen LogP contribution in [0.25, 0.3) is 0 Å². The lowest BCUT2D eigenvalue weighted by Crippen LogP contribution is -2.21. The van der Waals surface area contributed by atoms with Crippen molar-refractivity contribution < 1.29 is 14.6 Å². The number of aliphatic hydroxyl groups excluding tert-OH is 1. The highest BCUT2D eigenvalue weighted by Gasteiger charge is 2.22. The molecule has 1 saturated carbocycles. The summed E-state index contributed by atoms with van der Waals surface area (Å²) in [5.74, 6) is 0.261. The third-order valence-electron chi connectivity index (χ3n) is 3.51. The minimum atomic E-state index is -0.165. The molecule has 0 spiro atoms. The predicted octanol–water partition coefficient (Wildman–Crippen LogP) is 2.67. The van der Waals surface area contributed by atoms with Gasteiger partial charge in [-0.05, 0) is 37.2 Å². The molecule has 1 N–H and O–H groups in total. The molecule has 18 heavy (non-hydrogen) atoms. The number of aliphatic hydroxyl groups is 1. The first-order chi connectivity index (χ1) is 8.74. The molecule has 1 fully saturated rings. The van der Waals surface area contributed by atoms with E-state index in [0.29, 0.717) is 18.9 Å². The fourth-order valence-corrected chi connectivity index (χ4v) is 2.38. The van der Waals surface area contributed by atoms with Gasteiger partial charge in [-0.25, -0.2) is 0 Å². The molecule has 98 valence electrons. The van der Waals surface area contributed by atoms with Crippen molar-refractivity contribution in [3.05, 3.63) is 35.9 Å². The predicted molar refractivity (Wildman–Crippen MR) is 68.8 cm³/mol. The lowest BCUT2D eigenvalue weighted by atomic mass is 9.85. The van der Waals surface area contributed by atoms with Crippen molar-refractivity contribution in [2.75, 3.05) is 0 Å². The largest absolute Gasteiger partial charge is 0.461 e. The highest BCUT2D eigenvalue weighted by atomic mass is 16.5. The van der Waals surface area contributed by atoms with Crippen molar-refractivity contribution >= 4 is 5.97 Å². The summed E-state index contributed by atoms with van der Waals surface area (Å²) in [6.45, 7) is 0.356. The van der Waals surface area contributed by atoms with Gasteiger partial charge < -0.3 is 9.84 Å². The van der Waals surface area contributed by atoms with Crippen LogP contribution in [0.5, 0.6) is 0 Å². The lowest BCUT2D eigenvalue weighted by Gasteiger charge is -2.24. The van der Waals surface area contributed by atoms with Crippen molar-refractivity contribution in [3.8, 4) is 0 Å². The second kappa shape index (κ2) is 6.55. The van der Waals surface area contributed by atoms with Gasteiger partial charge in [0.25, 0.3) is 0 Å². The molecule has 2 rings (SSSR count). The Bertz CT molecular complexity index is 367. The summed E-state index contributed by atoms with van der Waals surface area (Å²) < 4.78 is 5.26. The average Bonchev–Trinajstić information content (AvgIpc) is 2.40. The molecule has 0 aromatic heterocycles. The van der Waals surface area contributed by atoms with E-state index in [1.807, 2.05) is 30.3 Å². The molecule has 1 aromatic carbocycles. The van der Waals surface area contributed by atoms with Crippen molar-refractivity contribution in [1.29, 1.82) is 0 Å². The van der Waals surface area contributed by atoms with Gasteiger partial charge >= 0.3 is 5.97 Å². The van der Waals surface area contributed by atoms with Gasteiger partial charge in [0.05, 0.1) is 6.10 Å². The van der Waals surface area contributed by atoms with Crippen LogP contribution in [-0.4, -0.2) is 17.2 Å². The molecule has 1 aliphatic rings. The van der Waals surface area contributed by atoms with Gasteiger partial charge in [-0.2, -0.15) is 0 Å². The van der Waals surface area contributed by atoms with Crippen molar-refractivity contribution in [2.45, 2.75) is 44.8 Å². The van der Waals surface area contributed by atoms with E-state index in [2.05, 4.69) is 0 Å². The number of hydrogen-bond acceptors (Lipinski definition) is 3. The third-order valence-corrected chi connectivity index (χ3v) is 3.51. The number of benzene rings is 1. The van der Waals surface area contributed by atoms with Crippen molar-refractivity contribution in [3.63, 3.8) is 0 Å². The van der Waals surface area contributed by atoms with Crippen molar-refractivity contribution in [1.82, 2.24) is 0 Å². The Labute approximate surface area is 108 Å². The van der Waals surface area contributed by atoms with Crippen LogP contribution in [0.15, 0.2) is 30.3 Å². The molecule has 1 aliphatic carbocycles. The molecular formula is C15H20O3. The van der Waals surface area contributed by atoms with E-state index in [9.17, 15) is 9.90 Å². The molecule has 0 bridgehead atoms. The average molecular weight is 248 g/mol. The van der Waals surface area contributed by atoms with Gasteiger partial charge in [-0.1, -0.05) is 30.3 Å². The molecule has 0 heterocycles. The summed E-state index contributed by atoms with van der Waals surface area (Å²) in [5.41, 5.74) is 1.02. The highest BCUT2D eigenvalue weighted by molar-refractivity contribution is 5.69. The van der Waals surface area contributed by atoms with Gasteiger partial charge in [0, 0.05) is 6.42 Å². The van der Waals surface area contributed by atoms with E-state index in [-0.39, 0.29) is 12.1 Å². The maximum atomic E-state index is 11.7. The Hall–Kier alpha value is -1.35. The van der Waals surface area contributed by atoms with Crippen LogP contribution in [0, 0.1) is 5.92 Å².